The third-order valence-electron chi connectivity index (χ3n) is 2.96. The standard InChI is InChI=1S/C11H13NO3/c13-9-5-11-10(14-6-15-11)4-7(9)8-2-1-3-12-8/h4-5,8,12-13H,1-3,6H2. The van der Waals surface area contributed by atoms with Crippen molar-refractivity contribution in [3.8, 4) is 17.2 Å². The molecule has 4 heteroatoms. The van der Waals surface area contributed by atoms with Crippen LogP contribution in [-0.4, -0.2) is 18.4 Å². The van der Waals surface area contributed by atoms with Crippen LogP contribution in [0, 0.1) is 0 Å². The molecule has 15 heavy (non-hydrogen) atoms. The van der Waals surface area contributed by atoms with Crippen LogP contribution in [0.5, 0.6) is 17.2 Å². The van der Waals surface area contributed by atoms with Gasteiger partial charge in [-0.25, -0.2) is 0 Å². The van der Waals surface area contributed by atoms with Gasteiger partial charge in [-0.3, -0.25) is 0 Å². The highest BCUT2D eigenvalue weighted by Crippen LogP contribution is 2.41. The fourth-order valence-electron chi connectivity index (χ4n) is 2.18. The molecular weight excluding hydrogens is 194 g/mol. The molecule has 2 aliphatic heterocycles. The highest BCUT2D eigenvalue weighted by molar-refractivity contribution is 5.52. The summed E-state index contributed by atoms with van der Waals surface area (Å²) in [6.07, 6.45) is 2.21. The molecule has 2 aliphatic rings. The Balaban J connectivity index is 2.00. The van der Waals surface area contributed by atoms with E-state index < -0.39 is 0 Å². The second kappa shape index (κ2) is 3.31. The van der Waals surface area contributed by atoms with Gasteiger partial charge in [0.1, 0.15) is 5.75 Å². The molecule has 2 heterocycles. The van der Waals surface area contributed by atoms with Crippen LogP contribution in [0.25, 0.3) is 0 Å². The molecular formula is C11H13NO3. The molecule has 1 fully saturated rings. The summed E-state index contributed by atoms with van der Waals surface area (Å²) in [7, 11) is 0. The summed E-state index contributed by atoms with van der Waals surface area (Å²) in [5, 5.41) is 13.2. The fraction of sp³-hybridized carbons (Fsp3) is 0.455. The van der Waals surface area contributed by atoms with Gasteiger partial charge in [0, 0.05) is 17.7 Å². The normalized spacial score (nSPS) is 23.3. The van der Waals surface area contributed by atoms with Gasteiger partial charge in [0.15, 0.2) is 11.5 Å². The third-order valence-corrected chi connectivity index (χ3v) is 2.96. The highest BCUT2D eigenvalue weighted by atomic mass is 16.7. The Bertz CT molecular complexity index is 386. The van der Waals surface area contributed by atoms with Crippen molar-refractivity contribution < 1.29 is 14.6 Å². The second-order valence-corrected chi connectivity index (χ2v) is 3.91. The van der Waals surface area contributed by atoms with E-state index in [2.05, 4.69) is 5.32 Å². The van der Waals surface area contributed by atoms with Crippen LogP contribution in [0.2, 0.25) is 0 Å². The van der Waals surface area contributed by atoms with E-state index in [0.29, 0.717) is 11.5 Å². The molecule has 0 aliphatic carbocycles. The van der Waals surface area contributed by atoms with E-state index in [0.717, 1.165) is 30.7 Å². The molecule has 0 radical (unpaired) electrons. The van der Waals surface area contributed by atoms with Gasteiger partial charge in [-0.15, -0.1) is 0 Å². The Kier molecular flexibility index (Phi) is 1.95. The molecule has 0 bridgehead atoms. The number of ether oxygens (including phenoxy) is 2. The Morgan fingerprint density at radius 2 is 2.07 bits per heavy atom. The van der Waals surface area contributed by atoms with Gasteiger partial charge in [0.2, 0.25) is 6.79 Å². The first-order valence-electron chi connectivity index (χ1n) is 5.20. The van der Waals surface area contributed by atoms with Crippen molar-refractivity contribution in [3.05, 3.63) is 17.7 Å². The monoisotopic (exact) mass is 207 g/mol. The Labute approximate surface area is 87.8 Å². The van der Waals surface area contributed by atoms with Gasteiger partial charge in [-0.2, -0.15) is 0 Å². The largest absolute Gasteiger partial charge is 0.507 e. The van der Waals surface area contributed by atoms with Gasteiger partial charge >= 0.3 is 0 Å². The van der Waals surface area contributed by atoms with E-state index in [4.69, 9.17) is 9.47 Å². The molecule has 1 aromatic carbocycles. The number of phenols is 1. The number of phenolic OH excluding ortho intramolecular Hbond substituents is 1. The smallest absolute Gasteiger partial charge is 0.231 e. The van der Waals surface area contributed by atoms with Gasteiger partial charge < -0.3 is 19.9 Å². The van der Waals surface area contributed by atoms with Gasteiger partial charge in [0.25, 0.3) is 0 Å². The topological polar surface area (TPSA) is 50.7 Å². The number of hydrogen-bond acceptors (Lipinski definition) is 4. The molecule has 0 amide bonds. The zero-order valence-electron chi connectivity index (χ0n) is 8.32. The number of fused-ring (bicyclic) bond motifs is 1. The molecule has 1 unspecified atom stereocenters. The quantitative estimate of drug-likeness (QED) is 0.733. The minimum Gasteiger partial charge on any atom is -0.507 e. The van der Waals surface area contributed by atoms with Gasteiger partial charge in [-0.1, -0.05) is 0 Å². The number of benzene rings is 1. The predicted octanol–water partition coefficient (Wildman–Crippen LogP) is 1.55. The molecule has 0 aromatic heterocycles. The molecule has 80 valence electrons. The lowest BCUT2D eigenvalue weighted by molar-refractivity contribution is 0.174. The van der Waals surface area contributed by atoms with Gasteiger partial charge in [0.05, 0.1) is 0 Å². The molecule has 4 nitrogen and oxygen atoms in total. The molecule has 0 saturated carbocycles. The van der Waals surface area contributed by atoms with Crippen molar-refractivity contribution in [2.24, 2.45) is 0 Å². The van der Waals surface area contributed by atoms with Crippen LogP contribution in [0.4, 0.5) is 0 Å². The van der Waals surface area contributed by atoms with Gasteiger partial charge in [-0.05, 0) is 25.5 Å². The van der Waals surface area contributed by atoms with Crippen LogP contribution in [0.15, 0.2) is 12.1 Å². The van der Waals surface area contributed by atoms with E-state index in [1.165, 1.54) is 0 Å². The van der Waals surface area contributed by atoms with Crippen molar-refractivity contribution in [1.82, 2.24) is 5.32 Å². The first-order chi connectivity index (χ1) is 7.34. The maximum absolute atomic E-state index is 9.86. The van der Waals surface area contributed by atoms with Crippen molar-refractivity contribution in [3.63, 3.8) is 0 Å². The molecule has 0 spiro atoms. The average Bonchev–Trinajstić information content (AvgIpc) is 2.85. The minimum absolute atomic E-state index is 0.246. The summed E-state index contributed by atoms with van der Waals surface area (Å²) in [6, 6.07) is 3.76. The minimum atomic E-state index is 0.246. The number of hydrogen-bond donors (Lipinski definition) is 2. The first kappa shape index (κ1) is 8.85. The summed E-state index contributed by atoms with van der Waals surface area (Å²) in [4.78, 5) is 0. The van der Waals surface area contributed by atoms with E-state index in [1.807, 2.05) is 6.07 Å². The molecule has 2 N–H and O–H groups in total. The van der Waals surface area contributed by atoms with E-state index in [9.17, 15) is 5.11 Å². The molecule has 1 saturated heterocycles. The predicted molar refractivity (Wildman–Crippen MR) is 54.2 cm³/mol. The maximum atomic E-state index is 9.86. The summed E-state index contributed by atoms with van der Waals surface area (Å²) < 4.78 is 10.5. The summed E-state index contributed by atoms with van der Waals surface area (Å²) in [5.74, 6) is 1.66. The summed E-state index contributed by atoms with van der Waals surface area (Å²) >= 11 is 0. The SMILES string of the molecule is Oc1cc2c(cc1C1CCCN1)OCO2. The van der Waals surface area contributed by atoms with Crippen molar-refractivity contribution >= 4 is 0 Å². The summed E-state index contributed by atoms with van der Waals surface area (Å²) in [5.41, 5.74) is 0.914. The summed E-state index contributed by atoms with van der Waals surface area (Å²) in [6.45, 7) is 1.26. The van der Waals surface area contributed by atoms with Crippen LogP contribution < -0.4 is 14.8 Å². The Morgan fingerprint density at radius 3 is 2.80 bits per heavy atom. The zero-order valence-corrected chi connectivity index (χ0v) is 8.32. The number of nitrogens with one attached hydrogen (secondary N) is 1. The van der Waals surface area contributed by atoms with E-state index in [1.54, 1.807) is 6.07 Å². The third kappa shape index (κ3) is 1.41. The van der Waals surface area contributed by atoms with Crippen LogP contribution >= 0.6 is 0 Å². The Morgan fingerprint density at radius 1 is 1.27 bits per heavy atom. The molecule has 3 rings (SSSR count). The molecule has 1 atom stereocenters. The first-order valence-corrected chi connectivity index (χ1v) is 5.20. The average molecular weight is 207 g/mol. The molecule has 1 aromatic rings. The van der Waals surface area contributed by atoms with Crippen LogP contribution in [-0.2, 0) is 0 Å². The Hall–Kier alpha value is -1.42. The number of rotatable bonds is 1. The lowest BCUT2D eigenvalue weighted by Crippen LogP contribution is -2.12. The second-order valence-electron chi connectivity index (χ2n) is 3.91. The lowest BCUT2D eigenvalue weighted by Gasteiger charge is -2.13. The van der Waals surface area contributed by atoms with Crippen molar-refractivity contribution in [1.29, 1.82) is 0 Å². The van der Waals surface area contributed by atoms with Crippen molar-refractivity contribution in [2.75, 3.05) is 13.3 Å². The number of aromatic hydroxyl groups is 1. The van der Waals surface area contributed by atoms with E-state index in [-0.39, 0.29) is 12.8 Å². The highest BCUT2D eigenvalue weighted by Gasteiger charge is 2.23. The maximum Gasteiger partial charge on any atom is 0.231 e. The van der Waals surface area contributed by atoms with Crippen LogP contribution in [0.1, 0.15) is 24.4 Å². The van der Waals surface area contributed by atoms with Crippen LogP contribution in [0.3, 0.4) is 0 Å². The van der Waals surface area contributed by atoms with Crippen molar-refractivity contribution in [2.45, 2.75) is 18.9 Å². The zero-order chi connectivity index (χ0) is 10.3. The fourth-order valence-corrected chi connectivity index (χ4v) is 2.18. The lowest BCUT2D eigenvalue weighted by atomic mass is 10.0. The van der Waals surface area contributed by atoms with E-state index >= 15 is 0 Å².